The van der Waals surface area contributed by atoms with Crippen molar-refractivity contribution < 1.29 is 17.9 Å². The van der Waals surface area contributed by atoms with Gasteiger partial charge in [0.05, 0.1) is 17.5 Å². The standard InChI is InChI=1S/C21H15FN2O4S/c22-15-7-5-13(6-8-15)16-9-17(25)20-19(21(26)24-11-23-20)18(16)14-3-1-12(2-4-14)10-29(27)28/h1-9,11,25,29H,10H2,(H,23,24,26). The Morgan fingerprint density at radius 2 is 1.66 bits per heavy atom. The zero-order valence-corrected chi connectivity index (χ0v) is 15.8. The minimum atomic E-state index is -2.56. The van der Waals surface area contributed by atoms with Gasteiger partial charge in [-0.1, -0.05) is 36.4 Å². The monoisotopic (exact) mass is 410 g/mol. The maximum atomic E-state index is 13.4. The van der Waals surface area contributed by atoms with Crippen molar-refractivity contribution in [3.8, 4) is 28.0 Å². The summed E-state index contributed by atoms with van der Waals surface area (Å²) in [5, 5.41) is 10.6. The van der Waals surface area contributed by atoms with Gasteiger partial charge in [-0.3, -0.25) is 4.79 Å². The molecule has 0 aliphatic carbocycles. The van der Waals surface area contributed by atoms with E-state index in [2.05, 4.69) is 9.97 Å². The van der Waals surface area contributed by atoms with Crippen molar-refractivity contribution in [1.82, 2.24) is 9.97 Å². The van der Waals surface area contributed by atoms with Gasteiger partial charge in [0.25, 0.3) is 5.56 Å². The average molecular weight is 410 g/mol. The molecule has 0 fully saturated rings. The van der Waals surface area contributed by atoms with E-state index >= 15 is 0 Å². The van der Waals surface area contributed by atoms with E-state index in [1.165, 1.54) is 24.5 Å². The number of rotatable bonds is 4. The number of phenolic OH excluding ortho intramolecular Hbond substituents is 1. The van der Waals surface area contributed by atoms with Gasteiger partial charge < -0.3 is 10.1 Å². The largest absolute Gasteiger partial charge is 0.506 e. The Kier molecular flexibility index (Phi) is 4.85. The number of hydrogen-bond acceptors (Lipinski definition) is 5. The molecular formula is C21H15FN2O4S. The minimum Gasteiger partial charge on any atom is -0.506 e. The summed E-state index contributed by atoms with van der Waals surface area (Å²) in [4.78, 5) is 19.2. The number of benzene rings is 3. The van der Waals surface area contributed by atoms with Crippen molar-refractivity contribution >= 4 is 21.6 Å². The number of aromatic amines is 1. The van der Waals surface area contributed by atoms with Crippen LogP contribution in [0.25, 0.3) is 33.2 Å². The van der Waals surface area contributed by atoms with E-state index < -0.39 is 22.1 Å². The maximum absolute atomic E-state index is 13.4. The van der Waals surface area contributed by atoms with Gasteiger partial charge in [-0.05, 0) is 40.5 Å². The summed E-state index contributed by atoms with van der Waals surface area (Å²) in [6.45, 7) is 0. The molecule has 4 aromatic rings. The molecule has 1 heterocycles. The Morgan fingerprint density at radius 3 is 2.31 bits per heavy atom. The molecule has 1 aromatic heterocycles. The molecule has 0 aliphatic heterocycles. The van der Waals surface area contributed by atoms with Crippen LogP contribution >= 0.6 is 0 Å². The summed E-state index contributed by atoms with van der Waals surface area (Å²) in [7, 11) is -2.56. The molecule has 29 heavy (non-hydrogen) atoms. The SMILES string of the molecule is O=c1[nH]cnc2c(O)cc(-c3ccc(F)cc3)c(-c3ccc(C[SH](=O)=O)cc3)c12. The lowest BCUT2D eigenvalue weighted by atomic mass is 9.90. The number of nitrogens with zero attached hydrogens (tertiary/aromatic N) is 1. The fraction of sp³-hybridized carbons (Fsp3) is 0.0476. The van der Waals surface area contributed by atoms with E-state index in [0.29, 0.717) is 27.8 Å². The molecule has 0 amide bonds. The Morgan fingerprint density at radius 1 is 1.00 bits per heavy atom. The van der Waals surface area contributed by atoms with Gasteiger partial charge in [-0.15, -0.1) is 0 Å². The first kappa shape index (κ1) is 18.8. The third-order valence-corrected chi connectivity index (χ3v) is 5.23. The first-order valence-electron chi connectivity index (χ1n) is 8.64. The number of hydrogen-bond donors (Lipinski definition) is 3. The predicted octanol–water partition coefficient (Wildman–Crippen LogP) is 3.21. The van der Waals surface area contributed by atoms with Crippen molar-refractivity contribution in [2.75, 3.05) is 0 Å². The number of halogens is 1. The van der Waals surface area contributed by atoms with E-state index in [4.69, 9.17) is 0 Å². The molecule has 0 saturated carbocycles. The highest BCUT2D eigenvalue weighted by atomic mass is 32.2. The first-order valence-corrected chi connectivity index (χ1v) is 10.0. The highest BCUT2D eigenvalue weighted by Crippen LogP contribution is 2.40. The third-order valence-electron chi connectivity index (χ3n) is 4.61. The molecule has 0 bridgehead atoms. The normalized spacial score (nSPS) is 11.2. The molecule has 3 aromatic carbocycles. The van der Waals surface area contributed by atoms with E-state index in [-0.39, 0.29) is 22.4 Å². The zero-order valence-electron chi connectivity index (χ0n) is 14.9. The molecule has 2 N–H and O–H groups in total. The smallest absolute Gasteiger partial charge is 0.259 e. The zero-order chi connectivity index (χ0) is 20.5. The van der Waals surface area contributed by atoms with Gasteiger partial charge in [-0.25, -0.2) is 17.8 Å². The van der Waals surface area contributed by atoms with Gasteiger partial charge in [0.2, 0.25) is 0 Å². The first-order chi connectivity index (χ1) is 13.9. The number of aromatic hydroxyl groups is 1. The highest BCUT2D eigenvalue weighted by Gasteiger charge is 2.18. The van der Waals surface area contributed by atoms with Crippen LogP contribution < -0.4 is 5.56 Å². The number of aromatic nitrogens is 2. The molecule has 6 nitrogen and oxygen atoms in total. The third kappa shape index (κ3) is 3.62. The van der Waals surface area contributed by atoms with E-state index in [1.54, 1.807) is 36.4 Å². The molecule has 0 atom stereocenters. The van der Waals surface area contributed by atoms with Crippen molar-refractivity contribution in [1.29, 1.82) is 0 Å². The Balaban J connectivity index is 2.04. The number of phenols is 1. The van der Waals surface area contributed by atoms with Crippen molar-refractivity contribution in [3.05, 3.63) is 82.7 Å². The molecule has 8 heteroatoms. The molecule has 0 radical (unpaired) electrons. The average Bonchev–Trinajstić information content (AvgIpc) is 2.69. The van der Waals surface area contributed by atoms with E-state index in [1.807, 2.05) is 0 Å². The van der Waals surface area contributed by atoms with Crippen LogP contribution in [0.2, 0.25) is 0 Å². The maximum Gasteiger partial charge on any atom is 0.259 e. The van der Waals surface area contributed by atoms with Crippen LogP contribution in [-0.4, -0.2) is 23.5 Å². The van der Waals surface area contributed by atoms with Crippen molar-refractivity contribution in [2.45, 2.75) is 5.75 Å². The lowest BCUT2D eigenvalue weighted by Gasteiger charge is -2.14. The second-order valence-electron chi connectivity index (χ2n) is 6.47. The second-order valence-corrected chi connectivity index (χ2v) is 7.45. The topological polar surface area (TPSA) is 100 Å². The summed E-state index contributed by atoms with van der Waals surface area (Å²) < 4.78 is 35.4. The molecule has 0 unspecified atom stereocenters. The van der Waals surface area contributed by atoms with Gasteiger partial charge in [0, 0.05) is 5.56 Å². The fourth-order valence-corrected chi connectivity index (χ4v) is 3.83. The van der Waals surface area contributed by atoms with Crippen LogP contribution in [0.3, 0.4) is 0 Å². The van der Waals surface area contributed by atoms with Crippen LogP contribution in [0.1, 0.15) is 5.56 Å². The summed E-state index contributed by atoms with van der Waals surface area (Å²) in [5.41, 5.74) is 2.60. The molecule has 0 saturated heterocycles. The molecule has 0 spiro atoms. The van der Waals surface area contributed by atoms with Crippen LogP contribution in [0.15, 0.2) is 65.7 Å². The van der Waals surface area contributed by atoms with Crippen LogP contribution in [0.5, 0.6) is 5.75 Å². The Hall–Kier alpha value is -3.52. The number of thiol groups is 1. The second kappa shape index (κ2) is 7.48. The van der Waals surface area contributed by atoms with E-state index in [0.717, 1.165) is 0 Å². The summed E-state index contributed by atoms with van der Waals surface area (Å²) in [6.07, 6.45) is 1.21. The summed E-state index contributed by atoms with van der Waals surface area (Å²) >= 11 is 0. The molecule has 4 rings (SSSR count). The van der Waals surface area contributed by atoms with Crippen molar-refractivity contribution in [2.24, 2.45) is 0 Å². The van der Waals surface area contributed by atoms with Crippen LogP contribution in [0, 0.1) is 5.82 Å². The fourth-order valence-electron chi connectivity index (χ4n) is 3.32. The summed E-state index contributed by atoms with van der Waals surface area (Å²) in [6, 6.07) is 13.9. The van der Waals surface area contributed by atoms with Gasteiger partial charge in [0.15, 0.2) is 0 Å². The van der Waals surface area contributed by atoms with Crippen LogP contribution in [0.4, 0.5) is 4.39 Å². The van der Waals surface area contributed by atoms with E-state index in [9.17, 15) is 22.7 Å². The van der Waals surface area contributed by atoms with Crippen LogP contribution in [-0.2, 0) is 16.5 Å². The predicted molar refractivity (Wildman–Crippen MR) is 109 cm³/mol. The van der Waals surface area contributed by atoms with Gasteiger partial charge in [-0.2, -0.15) is 0 Å². The highest BCUT2D eigenvalue weighted by molar-refractivity contribution is 7.71. The minimum absolute atomic E-state index is 0.0844. The Bertz CT molecular complexity index is 1340. The quantitative estimate of drug-likeness (QED) is 0.449. The molecule has 0 aliphatic rings. The van der Waals surface area contributed by atoms with Crippen molar-refractivity contribution in [3.63, 3.8) is 0 Å². The summed E-state index contributed by atoms with van der Waals surface area (Å²) in [5.74, 6) is -0.663. The van der Waals surface area contributed by atoms with Gasteiger partial charge in [0.1, 0.15) is 27.8 Å². The molecular weight excluding hydrogens is 395 g/mol. The lowest BCUT2D eigenvalue weighted by molar-refractivity contribution is 0.480. The lowest BCUT2D eigenvalue weighted by Crippen LogP contribution is -2.08. The Labute approximate surface area is 166 Å². The number of H-pyrrole nitrogens is 1. The number of fused-ring (bicyclic) bond motifs is 1. The number of nitrogens with one attached hydrogen (secondary N) is 1. The molecule has 146 valence electrons. The van der Waals surface area contributed by atoms with Gasteiger partial charge >= 0.3 is 0 Å².